The molecule has 1 N–H and O–H groups in total. The summed E-state index contributed by atoms with van der Waals surface area (Å²) in [6.07, 6.45) is 0. The average molecular weight is 257 g/mol. The first-order valence-corrected chi connectivity index (χ1v) is 5.98. The Morgan fingerprint density at radius 3 is 2.76 bits per heavy atom. The van der Waals surface area contributed by atoms with Crippen LogP contribution in [0.5, 0.6) is 0 Å². The first kappa shape index (κ1) is 12.3. The molecule has 0 spiro atoms. The number of likely N-dealkylation sites (N-methyl/N-ethyl adjacent to an activating group) is 1. The number of amides is 1. The van der Waals surface area contributed by atoms with Crippen molar-refractivity contribution in [3.63, 3.8) is 0 Å². The molecule has 0 aromatic heterocycles. The Balaban J connectivity index is 2.22. The second-order valence-electron chi connectivity index (χ2n) is 4.03. The Hall–Kier alpha value is -1.13. The normalized spacial score (nSPS) is 15.5. The largest absolute Gasteiger partial charge is 0.333 e. The third-order valence-corrected chi connectivity index (χ3v) is 3.28. The SMILES string of the molecule is CCN(C(=O)c1ccc(F)cc1Cl)C1CNC1. The standard InChI is InChI=1S/C12H14ClFN2O/c1-2-16(9-6-15-7-9)12(17)10-4-3-8(14)5-11(10)13/h3-5,9,15H,2,6-7H2,1H3. The van der Waals surface area contributed by atoms with E-state index >= 15 is 0 Å². The fourth-order valence-corrected chi connectivity index (χ4v) is 2.13. The summed E-state index contributed by atoms with van der Waals surface area (Å²) in [7, 11) is 0. The number of carbonyl (C=O) groups is 1. The first-order valence-electron chi connectivity index (χ1n) is 5.60. The molecule has 0 bridgehead atoms. The van der Waals surface area contributed by atoms with Crippen LogP contribution in [0.25, 0.3) is 0 Å². The maximum absolute atomic E-state index is 12.9. The van der Waals surface area contributed by atoms with Crippen LogP contribution in [-0.2, 0) is 0 Å². The topological polar surface area (TPSA) is 32.3 Å². The van der Waals surface area contributed by atoms with Gasteiger partial charge < -0.3 is 10.2 Å². The van der Waals surface area contributed by atoms with Gasteiger partial charge in [-0.2, -0.15) is 0 Å². The Kier molecular flexibility index (Phi) is 3.64. The minimum atomic E-state index is -0.431. The van der Waals surface area contributed by atoms with Gasteiger partial charge in [0, 0.05) is 19.6 Å². The van der Waals surface area contributed by atoms with Gasteiger partial charge in [0.05, 0.1) is 16.6 Å². The summed E-state index contributed by atoms with van der Waals surface area (Å²) in [4.78, 5) is 14.0. The van der Waals surface area contributed by atoms with Gasteiger partial charge in [0.2, 0.25) is 0 Å². The van der Waals surface area contributed by atoms with Crippen LogP contribution in [0.1, 0.15) is 17.3 Å². The van der Waals surface area contributed by atoms with E-state index < -0.39 is 5.82 Å². The van der Waals surface area contributed by atoms with Gasteiger partial charge in [0.25, 0.3) is 5.91 Å². The van der Waals surface area contributed by atoms with Crippen molar-refractivity contribution in [3.8, 4) is 0 Å². The molecule has 0 saturated carbocycles. The quantitative estimate of drug-likeness (QED) is 0.896. The average Bonchev–Trinajstić information content (AvgIpc) is 2.22. The number of nitrogens with one attached hydrogen (secondary N) is 1. The second-order valence-corrected chi connectivity index (χ2v) is 4.43. The van der Waals surface area contributed by atoms with Gasteiger partial charge in [-0.25, -0.2) is 4.39 Å². The Labute approximate surface area is 105 Å². The van der Waals surface area contributed by atoms with Crippen molar-refractivity contribution in [3.05, 3.63) is 34.6 Å². The molecule has 1 saturated heterocycles. The molecule has 1 aliphatic heterocycles. The van der Waals surface area contributed by atoms with Crippen molar-refractivity contribution in [2.24, 2.45) is 0 Å². The molecule has 17 heavy (non-hydrogen) atoms. The van der Waals surface area contributed by atoms with E-state index in [1.165, 1.54) is 18.2 Å². The van der Waals surface area contributed by atoms with Crippen LogP contribution < -0.4 is 5.32 Å². The highest BCUT2D eigenvalue weighted by molar-refractivity contribution is 6.33. The summed E-state index contributed by atoms with van der Waals surface area (Å²) in [6.45, 7) is 4.16. The zero-order chi connectivity index (χ0) is 12.4. The molecule has 2 rings (SSSR count). The minimum Gasteiger partial charge on any atom is -0.333 e. The maximum Gasteiger partial charge on any atom is 0.255 e. The summed E-state index contributed by atoms with van der Waals surface area (Å²) in [5.74, 6) is -0.566. The van der Waals surface area contributed by atoms with Gasteiger partial charge in [-0.1, -0.05) is 11.6 Å². The summed E-state index contributed by atoms with van der Waals surface area (Å²) in [5, 5.41) is 3.29. The van der Waals surface area contributed by atoms with E-state index in [0.717, 1.165) is 13.1 Å². The molecule has 5 heteroatoms. The highest BCUT2D eigenvalue weighted by Gasteiger charge is 2.28. The van der Waals surface area contributed by atoms with Gasteiger partial charge in [0.1, 0.15) is 5.82 Å². The van der Waals surface area contributed by atoms with E-state index in [0.29, 0.717) is 12.1 Å². The van der Waals surface area contributed by atoms with Gasteiger partial charge in [-0.15, -0.1) is 0 Å². The highest BCUT2D eigenvalue weighted by atomic mass is 35.5. The Morgan fingerprint density at radius 2 is 2.29 bits per heavy atom. The molecule has 1 heterocycles. The number of benzene rings is 1. The third kappa shape index (κ3) is 2.42. The van der Waals surface area contributed by atoms with Crippen LogP contribution in [0.3, 0.4) is 0 Å². The fourth-order valence-electron chi connectivity index (χ4n) is 1.88. The minimum absolute atomic E-state index is 0.135. The number of hydrogen-bond acceptors (Lipinski definition) is 2. The smallest absolute Gasteiger partial charge is 0.255 e. The zero-order valence-electron chi connectivity index (χ0n) is 9.54. The van der Waals surface area contributed by atoms with E-state index in [4.69, 9.17) is 11.6 Å². The highest BCUT2D eigenvalue weighted by Crippen LogP contribution is 2.20. The van der Waals surface area contributed by atoms with Crippen molar-refractivity contribution in [1.82, 2.24) is 10.2 Å². The van der Waals surface area contributed by atoms with Gasteiger partial charge in [-0.3, -0.25) is 4.79 Å². The Morgan fingerprint density at radius 1 is 1.59 bits per heavy atom. The van der Waals surface area contributed by atoms with Crippen LogP contribution in [0.4, 0.5) is 4.39 Å². The molecule has 1 fully saturated rings. The van der Waals surface area contributed by atoms with Crippen LogP contribution >= 0.6 is 11.6 Å². The Bertz CT molecular complexity index is 435. The monoisotopic (exact) mass is 256 g/mol. The van der Waals surface area contributed by atoms with Crippen LogP contribution in [0, 0.1) is 5.82 Å². The molecule has 0 atom stereocenters. The molecule has 1 aliphatic rings. The summed E-state index contributed by atoms with van der Waals surface area (Å²) < 4.78 is 12.9. The summed E-state index contributed by atoms with van der Waals surface area (Å²) in [5.41, 5.74) is 0.363. The van der Waals surface area contributed by atoms with Crippen molar-refractivity contribution in [1.29, 1.82) is 0 Å². The zero-order valence-corrected chi connectivity index (χ0v) is 10.3. The van der Waals surface area contributed by atoms with Crippen molar-refractivity contribution >= 4 is 17.5 Å². The van der Waals surface area contributed by atoms with E-state index in [2.05, 4.69) is 5.32 Å². The van der Waals surface area contributed by atoms with E-state index in [9.17, 15) is 9.18 Å². The number of nitrogens with zero attached hydrogens (tertiary/aromatic N) is 1. The van der Waals surface area contributed by atoms with E-state index in [1.807, 2.05) is 6.92 Å². The summed E-state index contributed by atoms with van der Waals surface area (Å²) in [6, 6.07) is 4.08. The second kappa shape index (κ2) is 5.02. The molecule has 1 amide bonds. The lowest BCUT2D eigenvalue weighted by Gasteiger charge is -2.37. The van der Waals surface area contributed by atoms with Crippen molar-refractivity contribution < 1.29 is 9.18 Å². The van der Waals surface area contributed by atoms with Crippen LogP contribution in [0.15, 0.2) is 18.2 Å². The first-order chi connectivity index (χ1) is 8.13. The van der Waals surface area contributed by atoms with E-state index in [-0.39, 0.29) is 17.0 Å². The van der Waals surface area contributed by atoms with Crippen molar-refractivity contribution in [2.45, 2.75) is 13.0 Å². The lowest BCUT2D eigenvalue weighted by molar-refractivity contribution is 0.0630. The molecule has 0 aliphatic carbocycles. The van der Waals surface area contributed by atoms with Crippen LogP contribution in [0.2, 0.25) is 5.02 Å². The fraction of sp³-hybridized carbons (Fsp3) is 0.417. The lowest BCUT2D eigenvalue weighted by atomic mass is 10.1. The van der Waals surface area contributed by atoms with Crippen molar-refractivity contribution in [2.75, 3.05) is 19.6 Å². The number of hydrogen-bond donors (Lipinski definition) is 1. The predicted octanol–water partition coefficient (Wildman–Crippen LogP) is 1.91. The molecule has 92 valence electrons. The molecule has 1 aromatic carbocycles. The molecule has 3 nitrogen and oxygen atoms in total. The number of carbonyl (C=O) groups excluding carboxylic acids is 1. The van der Waals surface area contributed by atoms with Gasteiger partial charge in [0.15, 0.2) is 0 Å². The maximum atomic E-state index is 12.9. The molecule has 0 unspecified atom stereocenters. The van der Waals surface area contributed by atoms with Gasteiger partial charge in [-0.05, 0) is 25.1 Å². The number of rotatable bonds is 3. The molecular weight excluding hydrogens is 243 g/mol. The van der Waals surface area contributed by atoms with Gasteiger partial charge >= 0.3 is 0 Å². The molecule has 0 radical (unpaired) electrons. The molecule has 1 aromatic rings. The molecular formula is C12H14ClFN2O. The summed E-state index contributed by atoms with van der Waals surface area (Å²) >= 11 is 5.89. The lowest BCUT2D eigenvalue weighted by Crippen LogP contribution is -2.58. The third-order valence-electron chi connectivity index (χ3n) is 2.96. The van der Waals surface area contributed by atoms with E-state index in [1.54, 1.807) is 4.90 Å². The number of halogens is 2. The van der Waals surface area contributed by atoms with Crippen LogP contribution in [-0.4, -0.2) is 36.5 Å². The predicted molar refractivity (Wildman–Crippen MR) is 64.8 cm³/mol.